The molecule has 2 aliphatic rings. The maximum Gasteiger partial charge on any atom is 0.261 e. The molecule has 0 atom stereocenters. The molecular weight excluding hydrogens is 576 g/mol. The van der Waals surface area contributed by atoms with Crippen LogP contribution in [-0.2, 0) is 0 Å². The lowest BCUT2D eigenvalue weighted by Crippen LogP contribution is -2.42. The summed E-state index contributed by atoms with van der Waals surface area (Å²) in [5.74, 6) is -1.02. The summed E-state index contributed by atoms with van der Waals surface area (Å²) >= 11 is 0. The highest BCUT2D eigenvalue weighted by molar-refractivity contribution is 6.41. The maximum absolute atomic E-state index is 13.8. The van der Waals surface area contributed by atoms with Gasteiger partial charge in [-0.2, -0.15) is 0 Å². The van der Waals surface area contributed by atoms with E-state index < -0.39 is 0 Å². The third kappa shape index (κ3) is 4.42. The van der Waals surface area contributed by atoms with Gasteiger partial charge in [0.2, 0.25) is 0 Å². The fraction of sp³-hybridized carbons (Fsp3) is 0.368. The Hall–Kier alpha value is -4.40. The highest BCUT2D eigenvalue weighted by Gasteiger charge is 2.36. The van der Waals surface area contributed by atoms with Crippen LogP contribution in [0.15, 0.2) is 48.5 Å². The van der Waals surface area contributed by atoms with Crippen molar-refractivity contribution in [1.29, 1.82) is 0 Å². The highest BCUT2D eigenvalue weighted by Crippen LogP contribution is 2.46. The van der Waals surface area contributed by atoms with Crippen LogP contribution < -0.4 is 0 Å². The predicted molar refractivity (Wildman–Crippen MR) is 183 cm³/mol. The summed E-state index contributed by atoms with van der Waals surface area (Å²) in [6.45, 7) is 14.6. The fourth-order valence-electron chi connectivity index (χ4n) is 7.76. The second kappa shape index (κ2) is 11.8. The van der Waals surface area contributed by atoms with Crippen LogP contribution in [0.2, 0.25) is 0 Å². The van der Waals surface area contributed by atoms with Gasteiger partial charge in [0.05, 0.1) is 0 Å². The molecule has 4 amide bonds. The highest BCUT2D eigenvalue weighted by atomic mass is 16.2. The largest absolute Gasteiger partial charge is 0.304 e. The van der Waals surface area contributed by atoms with Crippen LogP contribution in [0.1, 0.15) is 82.0 Å². The number of hydrogen-bond acceptors (Lipinski definition) is 6. The molecule has 46 heavy (non-hydrogen) atoms. The van der Waals surface area contributed by atoms with Crippen LogP contribution >= 0.6 is 0 Å². The van der Waals surface area contributed by atoms with Crippen LogP contribution in [0.25, 0.3) is 43.1 Å². The number of carbonyl (C=O) groups is 4. The summed E-state index contributed by atoms with van der Waals surface area (Å²) < 4.78 is 0. The molecule has 0 saturated carbocycles. The number of amides is 4. The van der Waals surface area contributed by atoms with Gasteiger partial charge in [-0.05, 0) is 109 Å². The number of carbonyl (C=O) groups excluding carboxylic acids is 4. The van der Waals surface area contributed by atoms with Gasteiger partial charge in [-0.3, -0.25) is 29.0 Å². The maximum atomic E-state index is 13.8. The molecular formula is C38H40N4O4. The van der Waals surface area contributed by atoms with Crippen molar-refractivity contribution in [2.24, 2.45) is 0 Å². The van der Waals surface area contributed by atoms with Gasteiger partial charge in [0.1, 0.15) is 0 Å². The molecule has 0 aliphatic carbocycles. The van der Waals surface area contributed by atoms with E-state index in [1.54, 1.807) is 0 Å². The van der Waals surface area contributed by atoms with E-state index in [-0.39, 0.29) is 23.6 Å². The van der Waals surface area contributed by atoms with E-state index in [9.17, 15) is 19.2 Å². The average Bonchev–Trinajstić information content (AvgIpc) is 3.08. The monoisotopic (exact) mass is 616 g/mol. The first-order valence-corrected chi connectivity index (χ1v) is 16.7. The Balaban J connectivity index is 1.32. The second-order valence-corrected chi connectivity index (χ2v) is 12.4. The first kappa shape index (κ1) is 30.3. The normalized spacial score (nSPS) is 15.0. The molecule has 5 aromatic rings. The van der Waals surface area contributed by atoms with Gasteiger partial charge in [-0.15, -0.1) is 0 Å². The molecule has 0 bridgehead atoms. The first-order chi connectivity index (χ1) is 22.3. The van der Waals surface area contributed by atoms with Gasteiger partial charge >= 0.3 is 0 Å². The summed E-state index contributed by atoms with van der Waals surface area (Å²) in [5, 5.41) is 6.76. The number of rotatable bonds is 12. The van der Waals surface area contributed by atoms with Gasteiger partial charge in [-0.1, -0.05) is 52.0 Å². The first-order valence-electron chi connectivity index (χ1n) is 16.7. The average molecular weight is 617 g/mol. The Morgan fingerprint density at radius 3 is 0.978 bits per heavy atom. The number of nitrogens with zero attached hydrogens (tertiary/aromatic N) is 4. The lowest BCUT2D eigenvalue weighted by atomic mass is 9.82. The van der Waals surface area contributed by atoms with Crippen molar-refractivity contribution in [3.63, 3.8) is 0 Å². The van der Waals surface area contributed by atoms with Crippen molar-refractivity contribution in [3.8, 4) is 0 Å². The molecule has 0 unspecified atom stereocenters. The van der Waals surface area contributed by atoms with Crippen molar-refractivity contribution in [1.82, 2.24) is 19.6 Å². The zero-order chi connectivity index (χ0) is 32.3. The van der Waals surface area contributed by atoms with Crippen molar-refractivity contribution >= 4 is 66.7 Å². The van der Waals surface area contributed by atoms with E-state index >= 15 is 0 Å². The summed E-state index contributed by atoms with van der Waals surface area (Å²) in [4.78, 5) is 62.5. The van der Waals surface area contributed by atoms with Gasteiger partial charge in [0.15, 0.2) is 0 Å². The zero-order valence-electron chi connectivity index (χ0n) is 27.1. The lowest BCUT2D eigenvalue weighted by Gasteiger charge is -2.30. The standard InChI is InChI=1S/C38H40N4O4/c1-5-39(6-2)19-9-21-41-35(43)27-15-11-23-25-13-17-29-34-30(38(46)42(37(29)45)22-10-20-40(7-3)8-4)18-14-26(32(25)34)24-12-16-28(36(41)44)33(27)31(23)24/h11-18H,5-10,19-22H2,1-4H3. The van der Waals surface area contributed by atoms with E-state index in [0.29, 0.717) is 46.1 Å². The minimum Gasteiger partial charge on any atom is -0.304 e. The Morgan fingerprint density at radius 1 is 0.435 bits per heavy atom. The van der Waals surface area contributed by atoms with Gasteiger partial charge in [0.25, 0.3) is 23.6 Å². The van der Waals surface area contributed by atoms with Crippen molar-refractivity contribution in [2.75, 3.05) is 52.4 Å². The van der Waals surface area contributed by atoms with Crippen molar-refractivity contribution in [3.05, 3.63) is 70.8 Å². The van der Waals surface area contributed by atoms with Crippen molar-refractivity contribution < 1.29 is 19.2 Å². The Morgan fingerprint density at radius 2 is 0.717 bits per heavy atom. The molecule has 0 radical (unpaired) electrons. The minimum absolute atomic E-state index is 0.255. The zero-order valence-corrected chi connectivity index (χ0v) is 27.1. The Bertz CT molecular complexity index is 1790. The van der Waals surface area contributed by atoms with E-state index in [4.69, 9.17) is 0 Å². The van der Waals surface area contributed by atoms with E-state index in [2.05, 4.69) is 37.5 Å². The van der Waals surface area contributed by atoms with Gasteiger partial charge in [0, 0.05) is 46.1 Å². The number of benzene rings is 5. The van der Waals surface area contributed by atoms with Gasteiger partial charge in [-0.25, -0.2) is 0 Å². The second-order valence-electron chi connectivity index (χ2n) is 12.4. The molecule has 0 N–H and O–H groups in total. The molecule has 2 aliphatic heterocycles. The summed E-state index contributed by atoms with van der Waals surface area (Å²) in [6.07, 6.45) is 1.44. The fourth-order valence-corrected chi connectivity index (χ4v) is 7.76. The molecule has 5 aromatic carbocycles. The molecule has 236 valence electrons. The predicted octanol–water partition coefficient (Wildman–Crippen LogP) is 6.39. The molecule has 8 nitrogen and oxygen atoms in total. The van der Waals surface area contributed by atoms with E-state index in [1.165, 1.54) is 9.80 Å². The van der Waals surface area contributed by atoms with Crippen LogP contribution in [-0.4, -0.2) is 95.6 Å². The van der Waals surface area contributed by atoms with Gasteiger partial charge < -0.3 is 9.80 Å². The van der Waals surface area contributed by atoms with Crippen LogP contribution in [0, 0.1) is 0 Å². The molecule has 0 spiro atoms. The summed E-state index contributed by atoms with van der Waals surface area (Å²) in [6, 6.07) is 15.2. The Labute approximate surface area is 268 Å². The molecule has 8 heteroatoms. The number of fused-ring (bicyclic) bond motifs is 2. The third-order valence-corrected chi connectivity index (χ3v) is 10.3. The lowest BCUT2D eigenvalue weighted by molar-refractivity contribution is 0.0588. The van der Waals surface area contributed by atoms with Crippen LogP contribution in [0.4, 0.5) is 0 Å². The molecule has 2 heterocycles. The number of hydrogen-bond donors (Lipinski definition) is 0. The number of imide groups is 2. The summed E-state index contributed by atoms with van der Waals surface area (Å²) in [7, 11) is 0. The third-order valence-electron chi connectivity index (χ3n) is 10.3. The topological polar surface area (TPSA) is 81.2 Å². The van der Waals surface area contributed by atoms with E-state index in [1.807, 2.05) is 48.5 Å². The smallest absolute Gasteiger partial charge is 0.261 e. The minimum atomic E-state index is -0.255. The molecule has 0 fully saturated rings. The molecule has 7 rings (SSSR count). The quantitative estimate of drug-likeness (QED) is 0.0918. The Kier molecular flexibility index (Phi) is 7.73. The molecule has 0 aromatic heterocycles. The van der Waals surface area contributed by atoms with E-state index in [0.717, 1.165) is 84.4 Å². The van der Waals surface area contributed by atoms with Crippen LogP contribution in [0.5, 0.6) is 0 Å². The molecule has 0 saturated heterocycles. The van der Waals surface area contributed by atoms with Crippen molar-refractivity contribution in [2.45, 2.75) is 40.5 Å². The van der Waals surface area contributed by atoms with Crippen LogP contribution in [0.3, 0.4) is 0 Å². The SMILES string of the molecule is CCN(CC)CCCN1C(=O)c2ccc3c4ccc5c6c(ccc(c7ccc(c2c37)C1=O)c64)C(=O)N(CCCN(CC)CC)C5=O. The summed E-state index contributed by atoms with van der Waals surface area (Å²) in [5.41, 5.74) is 2.16.